The number of hydrogen-bond acceptors (Lipinski definition) is 4. The summed E-state index contributed by atoms with van der Waals surface area (Å²) >= 11 is 5.75. The molecule has 0 spiro atoms. The lowest BCUT2D eigenvalue weighted by Gasteiger charge is -2.39. The predicted octanol–water partition coefficient (Wildman–Crippen LogP) is 3.60. The van der Waals surface area contributed by atoms with Gasteiger partial charge in [-0.3, -0.25) is 4.79 Å². The fraction of sp³-hybridized carbons (Fsp3) is 0.562. The molecule has 0 radical (unpaired) electrons. The van der Waals surface area contributed by atoms with Gasteiger partial charge in [-0.05, 0) is 31.4 Å². The van der Waals surface area contributed by atoms with Gasteiger partial charge in [0.1, 0.15) is 0 Å². The molecule has 0 aliphatic heterocycles. The molecule has 4 atom stereocenters. The molecule has 0 saturated heterocycles. The Balaban J connectivity index is 2.16. The van der Waals surface area contributed by atoms with Crippen LogP contribution < -0.4 is 5.48 Å². The molecule has 2 rings (SSSR count). The molecule has 1 saturated carbocycles. The molecule has 27 heavy (non-hydrogen) atoms. The number of benzene rings is 1. The van der Waals surface area contributed by atoms with Gasteiger partial charge in [0.25, 0.3) is 5.91 Å². The van der Waals surface area contributed by atoms with Crippen LogP contribution in [0.2, 0.25) is 0 Å². The third-order valence-electron chi connectivity index (χ3n) is 4.50. The lowest BCUT2D eigenvalue weighted by Crippen LogP contribution is -2.51. The molecule has 152 valence electrons. The molecule has 1 aromatic carbocycles. The summed E-state index contributed by atoms with van der Waals surface area (Å²) in [5, 5.41) is -4.91. The Morgan fingerprint density at radius 2 is 1.78 bits per heavy atom. The first-order valence-corrected chi connectivity index (χ1v) is 10.3. The molecule has 11 heteroatoms. The van der Waals surface area contributed by atoms with Crippen molar-refractivity contribution in [1.29, 1.82) is 0 Å². The Labute approximate surface area is 158 Å². The SMILES string of the molecule is CS(=O)(=O)C(F)(ONC(=O)c1ccccc1)C1CCC(C(F)(F)F)C(Cl)C1. The zero-order chi connectivity index (χ0) is 20.5. The molecule has 0 aromatic heterocycles. The minimum Gasteiger partial charge on any atom is -0.267 e. The standard InChI is InChI=1S/C16H18ClF4NO4S/c1-27(24,25)16(21,26-22-14(23)10-5-3-2-4-6-10)11-7-8-12(13(17)9-11)15(18,19)20/h2-6,11-13H,7-9H2,1H3,(H,22,23). The van der Waals surface area contributed by atoms with Crippen LogP contribution in [0.5, 0.6) is 0 Å². The number of amides is 1. The number of alkyl halides is 5. The fourth-order valence-electron chi connectivity index (χ4n) is 3.02. The summed E-state index contributed by atoms with van der Waals surface area (Å²) < 4.78 is 78.0. The van der Waals surface area contributed by atoms with Crippen LogP contribution in [0.4, 0.5) is 17.6 Å². The highest BCUT2D eigenvalue weighted by Gasteiger charge is 2.56. The predicted molar refractivity (Wildman–Crippen MR) is 90.2 cm³/mol. The first-order chi connectivity index (χ1) is 12.4. The van der Waals surface area contributed by atoms with E-state index in [1.165, 1.54) is 24.3 Å². The Bertz CT molecular complexity index is 774. The Morgan fingerprint density at radius 1 is 1.19 bits per heavy atom. The molecular weight excluding hydrogens is 414 g/mol. The van der Waals surface area contributed by atoms with Gasteiger partial charge >= 0.3 is 11.4 Å². The van der Waals surface area contributed by atoms with Crippen LogP contribution in [0.3, 0.4) is 0 Å². The quantitative estimate of drug-likeness (QED) is 0.439. The Morgan fingerprint density at radius 3 is 2.26 bits per heavy atom. The van der Waals surface area contributed by atoms with E-state index in [4.69, 9.17) is 11.6 Å². The number of halogens is 5. The number of sulfone groups is 1. The van der Waals surface area contributed by atoms with E-state index in [1.807, 2.05) is 0 Å². The number of nitrogens with one attached hydrogen (secondary N) is 1. The topological polar surface area (TPSA) is 72.5 Å². The number of rotatable bonds is 5. The molecule has 1 N–H and O–H groups in total. The van der Waals surface area contributed by atoms with Crippen LogP contribution in [0.25, 0.3) is 0 Å². The largest absolute Gasteiger partial charge is 0.393 e. The van der Waals surface area contributed by atoms with E-state index < -0.39 is 63.6 Å². The van der Waals surface area contributed by atoms with Gasteiger partial charge in [-0.15, -0.1) is 11.6 Å². The van der Waals surface area contributed by atoms with Crippen molar-refractivity contribution in [2.75, 3.05) is 6.26 Å². The van der Waals surface area contributed by atoms with E-state index in [9.17, 15) is 26.4 Å². The average molecular weight is 432 g/mol. The van der Waals surface area contributed by atoms with Crippen molar-refractivity contribution in [2.45, 2.75) is 36.0 Å². The summed E-state index contributed by atoms with van der Waals surface area (Å²) in [6.45, 7) is 0. The minimum atomic E-state index is -4.57. The minimum absolute atomic E-state index is 0.0874. The van der Waals surface area contributed by atoms with Crippen molar-refractivity contribution in [3.8, 4) is 0 Å². The van der Waals surface area contributed by atoms with Crippen LogP contribution in [0, 0.1) is 11.8 Å². The number of carbonyl (C=O) groups excluding carboxylic acids is 1. The number of hydroxylamine groups is 1. The highest BCUT2D eigenvalue weighted by atomic mass is 35.5. The van der Waals surface area contributed by atoms with Gasteiger partial charge in [0.2, 0.25) is 9.84 Å². The first-order valence-electron chi connectivity index (χ1n) is 7.99. The lowest BCUT2D eigenvalue weighted by molar-refractivity contribution is -0.197. The molecule has 0 bridgehead atoms. The second-order valence-electron chi connectivity index (χ2n) is 6.43. The van der Waals surface area contributed by atoms with Crippen LogP contribution in [0.1, 0.15) is 29.6 Å². The highest BCUT2D eigenvalue weighted by Crippen LogP contribution is 2.47. The summed E-state index contributed by atoms with van der Waals surface area (Å²) in [6, 6.07) is 7.48. The number of hydrogen-bond donors (Lipinski definition) is 1. The van der Waals surface area contributed by atoms with Crippen molar-refractivity contribution in [3.63, 3.8) is 0 Å². The van der Waals surface area contributed by atoms with Gasteiger partial charge < -0.3 is 0 Å². The normalized spacial score (nSPS) is 26.2. The molecule has 1 aromatic rings. The fourth-order valence-corrected chi connectivity index (χ4v) is 4.52. The van der Waals surface area contributed by atoms with Gasteiger partial charge in [0, 0.05) is 23.1 Å². The van der Waals surface area contributed by atoms with E-state index in [1.54, 1.807) is 11.5 Å². The van der Waals surface area contributed by atoms with E-state index >= 15 is 4.39 Å². The molecule has 5 nitrogen and oxygen atoms in total. The zero-order valence-electron chi connectivity index (χ0n) is 14.2. The van der Waals surface area contributed by atoms with Gasteiger partial charge in [-0.1, -0.05) is 18.2 Å². The van der Waals surface area contributed by atoms with Crippen molar-refractivity contribution in [1.82, 2.24) is 5.48 Å². The van der Waals surface area contributed by atoms with Crippen molar-refractivity contribution < 1.29 is 35.6 Å². The van der Waals surface area contributed by atoms with Crippen molar-refractivity contribution >= 4 is 27.3 Å². The van der Waals surface area contributed by atoms with Gasteiger partial charge in [0.15, 0.2) is 0 Å². The summed E-state index contributed by atoms with van der Waals surface area (Å²) in [5.74, 6) is -4.23. The second kappa shape index (κ2) is 7.92. The van der Waals surface area contributed by atoms with E-state index in [0.29, 0.717) is 6.26 Å². The van der Waals surface area contributed by atoms with Crippen LogP contribution in [-0.4, -0.2) is 37.3 Å². The van der Waals surface area contributed by atoms with Crippen molar-refractivity contribution in [3.05, 3.63) is 35.9 Å². The maximum Gasteiger partial charge on any atom is 0.393 e. The second-order valence-corrected chi connectivity index (χ2v) is 9.09. The van der Waals surface area contributed by atoms with Crippen LogP contribution >= 0.6 is 11.6 Å². The smallest absolute Gasteiger partial charge is 0.267 e. The molecule has 1 fully saturated rings. The molecule has 1 aliphatic rings. The third kappa shape index (κ3) is 4.91. The third-order valence-corrected chi connectivity index (χ3v) is 6.42. The average Bonchev–Trinajstić information content (AvgIpc) is 2.57. The molecule has 0 heterocycles. The van der Waals surface area contributed by atoms with E-state index in [2.05, 4.69) is 4.84 Å². The summed E-state index contributed by atoms with van der Waals surface area (Å²) in [7, 11) is -4.56. The lowest BCUT2D eigenvalue weighted by atomic mass is 9.81. The molecule has 1 aliphatic carbocycles. The van der Waals surface area contributed by atoms with Crippen LogP contribution in [0.15, 0.2) is 30.3 Å². The maximum atomic E-state index is 15.3. The van der Waals surface area contributed by atoms with Gasteiger partial charge in [-0.2, -0.15) is 17.6 Å². The van der Waals surface area contributed by atoms with Crippen LogP contribution in [-0.2, 0) is 14.7 Å². The highest BCUT2D eigenvalue weighted by molar-refractivity contribution is 7.91. The van der Waals surface area contributed by atoms with Gasteiger partial charge in [0.05, 0.1) is 5.92 Å². The van der Waals surface area contributed by atoms with Crippen molar-refractivity contribution in [2.24, 2.45) is 11.8 Å². The summed E-state index contributed by atoms with van der Waals surface area (Å²) in [4.78, 5) is 16.6. The maximum absolute atomic E-state index is 15.3. The molecular formula is C16H18ClF4NO4S. The molecule has 1 amide bonds. The molecule has 4 unspecified atom stereocenters. The Hall–Kier alpha value is -1.39. The van der Waals surface area contributed by atoms with E-state index in [0.717, 1.165) is 0 Å². The monoisotopic (exact) mass is 431 g/mol. The first kappa shape index (κ1) is 21.9. The number of carbonyl (C=O) groups is 1. The summed E-state index contributed by atoms with van der Waals surface area (Å²) in [6.07, 6.45) is -5.56. The van der Waals surface area contributed by atoms with Gasteiger partial charge in [-0.25, -0.2) is 18.7 Å². The Kier molecular flexibility index (Phi) is 6.43. The van der Waals surface area contributed by atoms with E-state index in [-0.39, 0.29) is 5.56 Å². The zero-order valence-corrected chi connectivity index (χ0v) is 15.7. The summed E-state index contributed by atoms with van der Waals surface area (Å²) in [5.41, 5.74) is 1.83.